The topological polar surface area (TPSA) is 42.9 Å². The normalized spacial score (nSPS) is 10.4. The predicted octanol–water partition coefficient (Wildman–Crippen LogP) is 2.24. The minimum absolute atomic E-state index is 0.132. The molecule has 0 amide bonds. The third-order valence-corrected chi connectivity index (χ3v) is 2.55. The number of ketones is 1. The molecule has 0 unspecified atom stereocenters. The van der Waals surface area contributed by atoms with Gasteiger partial charge in [-0.05, 0) is 23.7 Å². The first-order valence-corrected chi connectivity index (χ1v) is 5.25. The van der Waals surface area contributed by atoms with Crippen LogP contribution < -0.4 is 0 Å². The Kier molecular flexibility index (Phi) is 3.00. The summed E-state index contributed by atoms with van der Waals surface area (Å²) in [7, 11) is 0. The van der Waals surface area contributed by atoms with Crippen molar-refractivity contribution in [1.82, 2.24) is 9.59 Å². The number of hydrogen-bond acceptors (Lipinski definition) is 4. The van der Waals surface area contributed by atoms with Gasteiger partial charge in [-0.25, -0.2) is 8.78 Å². The van der Waals surface area contributed by atoms with Crippen molar-refractivity contribution in [1.29, 1.82) is 0 Å². The van der Waals surface area contributed by atoms with E-state index in [9.17, 15) is 13.6 Å². The van der Waals surface area contributed by atoms with E-state index in [0.29, 0.717) is 0 Å². The van der Waals surface area contributed by atoms with Crippen LogP contribution in [0.1, 0.15) is 16.1 Å². The van der Waals surface area contributed by atoms with Gasteiger partial charge in [-0.1, -0.05) is 10.6 Å². The summed E-state index contributed by atoms with van der Waals surface area (Å²) in [6, 6.07) is 3.49. The number of aromatic nitrogens is 2. The number of halogens is 2. The van der Waals surface area contributed by atoms with Crippen LogP contribution in [0.3, 0.4) is 0 Å². The lowest BCUT2D eigenvalue weighted by molar-refractivity contribution is 0.0986. The minimum Gasteiger partial charge on any atom is -0.292 e. The quantitative estimate of drug-likeness (QED) is 0.773. The van der Waals surface area contributed by atoms with E-state index in [4.69, 9.17) is 0 Å². The Balaban J connectivity index is 2.25. The van der Waals surface area contributed by atoms with E-state index >= 15 is 0 Å². The molecule has 0 aliphatic carbocycles. The molecule has 0 N–H and O–H groups in total. The molecule has 2 aromatic rings. The van der Waals surface area contributed by atoms with Crippen molar-refractivity contribution in [2.75, 3.05) is 0 Å². The molecule has 2 rings (SSSR count). The van der Waals surface area contributed by atoms with Gasteiger partial charge in [-0.2, -0.15) is 0 Å². The van der Waals surface area contributed by atoms with Crippen LogP contribution in [0.2, 0.25) is 0 Å². The number of carbonyl (C=O) groups excluding carboxylic acids is 1. The smallest absolute Gasteiger partial charge is 0.188 e. The fourth-order valence-corrected chi connectivity index (χ4v) is 1.70. The number of rotatable bonds is 3. The van der Waals surface area contributed by atoms with E-state index in [-0.39, 0.29) is 17.7 Å². The second kappa shape index (κ2) is 4.44. The molecule has 1 aromatic heterocycles. The molecule has 1 aromatic carbocycles. The maximum Gasteiger partial charge on any atom is 0.188 e. The van der Waals surface area contributed by atoms with Crippen LogP contribution in [-0.4, -0.2) is 15.4 Å². The molecule has 0 radical (unpaired) electrons. The van der Waals surface area contributed by atoms with Crippen molar-refractivity contribution in [3.05, 3.63) is 46.5 Å². The van der Waals surface area contributed by atoms with E-state index in [1.165, 1.54) is 11.4 Å². The molecule has 0 aliphatic rings. The third kappa shape index (κ3) is 2.11. The first kappa shape index (κ1) is 10.8. The number of benzene rings is 1. The lowest BCUT2D eigenvalue weighted by Crippen LogP contribution is -2.07. The summed E-state index contributed by atoms with van der Waals surface area (Å²) in [6.07, 6.45) is -0.343. The lowest BCUT2D eigenvalue weighted by Gasteiger charge is -2.02. The molecule has 16 heavy (non-hydrogen) atoms. The van der Waals surface area contributed by atoms with Gasteiger partial charge in [-0.15, -0.1) is 5.10 Å². The minimum atomic E-state index is -0.725. The van der Waals surface area contributed by atoms with Gasteiger partial charge in [-0.3, -0.25) is 4.79 Å². The van der Waals surface area contributed by atoms with E-state index in [2.05, 4.69) is 9.59 Å². The second-order valence-corrected chi connectivity index (χ2v) is 3.70. The fourth-order valence-electron chi connectivity index (χ4n) is 1.24. The van der Waals surface area contributed by atoms with Crippen molar-refractivity contribution >= 4 is 17.3 Å². The standard InChI is InChI=1S/C10H6F2N2OS/c11-7-2-1-3-8(12)6(7)4-10(15)9-5-16-14-13-9/h1-3,5H,4H2. The highest BCUT2D eigenvalue weighted by Gasteiger charge is 2.15. The van der Waals surface area contributed by atoms with E-state index in [1.807, 2.05) is 0 Å². The SMILES string of the molecule is O=C(Cc1c(F)cccc1F)c1csnn1. The summed E-state index contributed by atoms with van der Waals surface area (Å²) in [5.41, 5.74) is -0.104. The monoisotopic (exact) mass is 240 g/mol. The summed E-state index contributed by atoms with van der Waals surface area (Å²) >= 11 is 1.02. The Morgan fingerprint density at radius 3 is 2.56 bits per heavy atom. The molecular formula is C10H6F2N2OS. The Morgan fingerprint density at radius 1 is 1.31 bits per heavy atom. The van der Waals surface area contributed by atoms with Crippen molar-refractivity contribution < 1.29 is 13.6 Å². The maximum absolute atomic E-state index is 13.2. The van der Waals surface area contributed by atoms with Gasteiger partial charge < -0.3 is 0 Å². The van der Waals surface area contributed by atoms with Crippen LogP contribution in [0.15, 0.2) is 23.6 Å². The summed E-state index contributed by atoms with van der Waals surface area (Å²) in [4.78, 5) is 11.6. The number of Topliss-reactive ketones (excluding diaryl/α,β-unsaturated/α-hetero) is 1. The molecule has 0 saturated carbocycles. The van der Waals surface area contributed by atoms with Crippen LogP contribution in [0.4, 0.5) is 8.78 Å². The number of carbonyl (C=O) groups is 1. The molecule has 3 nitrogen and oxygen atoms in total. The Hall–Kier alpha value is -1.69. The van der Waals surface area contributed by atoms with Gasteiger partial charge in [0.25, 0.3) is 0 Å². The first-order chi connectivity index (χ1) is 7.68. The zero-order valence-corrected chi connectivity index (χ0v) is 8.80. The zero-order chi connectivity index (χ0) is 11.5. The third-order valence-electron chi connectivity index (χ3n) is 2.04. The van der Waals surface area contributed by atoms with Crippen LogP contribution in [0.25, 0.3) is 0 Å². The van der Waals surface area contributed by atoms with Gasteiger partial charge in [0.1, 0.15) is 17.3 Å². The Labute approximate surface area is 93.9 Å². The largest absolute Gasteiger partial charge is 0.292 e. The summed E-state index contributed by atoms with van der Waals surface area (Å²) in [5.74, 6) is -1.90. The van der Waals surface area contributed by atoms with Crippen molar-refractivity contribution in [3.63, 3.8) is 0 Å². The highest BCUT2D eigenvalue weighted by molar-refractivity contribution is 7.03. The average molecular weight is 240 g/mol. The van der Waals surface area contributed by atoms with Crippen LogP contribution in [-0.2, 0) is 6.42 Å². The summed E-state index contributed by atoms with van der Waals surface area (Å²) < 4.78 is 30.0. The van der Waals surface area contributed by atoms with Gasteiger partial charge in [0, 0.05) is 17.4 Å². The molecular weight excluding hydrogens is 234 g/mol. The summed E-state index contributed by atoms with van der Waals surface area (Å²) in [6.45, 7) is 0. The lowest BCUT2D eigenvalue weighted by atomic mass is 10.1. The molecule has 0 bridgehead atoms. The molecule has 0 atom stereocenters. The number of nitrogens with zero attached hydrogens (tertiary/aromatic N) is 2. The average Bonchev–Trinajstić information content (AvgIpc) is 2.76. The molecule has 0 saturated heterocycles. The van der Waals surface area contributed by atoms with Gasteiger partial charge in [0.2, 0.25) is 0 Å². The van der Waals surface area contributed by atoms with E-state index in [0.717, 1.165) is 23.7 Å². The predicted molar refractivity (Wildman–Crippen MR) is 54.3 cm³/mol. The van der Waals surface area contributed by atoms with Crippen LogP contribution in [0, 0.1) is 11.6 Å². The maximum atomic E-state index is 13.2. The molecule has 1 heterocycles. The van der Waals surface area contributed by atoms with Crippen molar-refractivity contribution in [2.24, 2.45) is 0 Å². The van der Waals surface area contributed by atoms with Gasteiger partial charge in [0.05, 0.1) is 0 Å². The van der Waals surface area contributed by atoms with E-state index < -0.39 is 17.4 Å². The first-order valence-electron chi connectivity index (χ1n) is 4.41. The molecule has 0 fully saturated rings. The Morgan fingerprint density at radius 2 is 2.00 bits per heavy atom. The van der Waals surface area contributed by atoms with Crippen LogP contribution in [0.5, 0.6) is 0 Å². The zero-order valence-electron chi connectivity index (χ0n) is 7.98. The Bertz CT molecular complexity index is 493. The van der Waals surface area contributed by atoms with Crippen molar-refractivity contribution in [2.45, 2.75) is 6.42 Å². The number of hydrogen-bond donors (Lipinski definition) is 0. The fraction of sp³-hybridized carbons (Fsp3) is 0.100. The second-order valence-electron chi connectivity index (χ2n) is 3.09. The molecule has 82 valence electrons. The molecule has 0 aliphatic heterocycles. The van der Waals surface area contributed by atoms with Crippen molar-refractivity contribution in [3.8, 4) is 0 Å². The molecule has 6 heteroatoms. The van der Waals surface area contributed by atoms with E-state index in [1.54, 1.807) is 0 Å². The highest BCUT2D eigenvalue weighted by atomic mass is 32.1. The molecule has 0 spiro atoms. The summed E-state index contributed by atoms with van der Waals surface area (Å²) in [5, 5.41) is 4.99. The van der Waals surface area contributed by atoms with Crippen LogP contribution >= 0.6 is 11.5 Å². The van der Waals surface area contributed by atoms with Gasteiger partial charge >= 0.3 is 0 Å². The van der Waals surface area contributed by atoms with Gasteiger partial charge in [0.15, 0.2) is 5.78 Å². The highest BCUT2D eigenvalue weighted by Crippen LogP contribution is 2.14.